The molecule has 0 aliphatic heterocycles. The van der Waals surface area contributed by atoms with E-state index in [4.69, 9.17) is 0 Å². The number of amidine groups is 1. The summed E-state index contributed by atoms with van der Waals surface area (Å²) in [6.45, 7) is 5.14. The number of amides is 1. The van der Waals surface area contributed by atoms with Gasteiger partial charge in [-0.25, -0.2) is 0 Å². The van der Waals surface area contributed by atoms with Crippen LogP contribution in [-0.2, 0) is 0 Å². The van der Waals surface area contributed by atoms with Crippen molar-refractivity contribution < 1.29 is 4.79 Å². The zero-order chi connectivity index (χ0) is 19.6. The zero-order valence-corrected chi connectivity index (χ0v) is 16.0. The van der Waals surface area contributed by atoms with Crippen LogP contribution in [0.5, 0.6) is 0 Å². The lowest BCUT2D eigenvalue weighted by atomic mass is 10.2. The molecule has 0 spiro atoms. The van der Waals surface area contributed by atoms with Gasteiger partial charge >= 0.3 is 0 Å². The Hall–Kier alpha value is -3.12. The van der Waals surface area contributed by atoms with Gasteiger partial charge < -0.3 is 4.90 Å². The molecule has 1 amide bonds. The molecule has 1 aromatic heterocycles. The predicted octanol–water partition coefficient (Wildman–Crippen LogP) is 2.86. The van der Waals surface area contributed by atoms with Crippen molar-refractivity contribution in [2.45, 2.75) is 0 Å². The summed E-state index contributed by atoms with van der Waals surface area (Å²) in [6.07, 6.45) is 3.25. The Morgan fingerprint density at radius 2 is 1.81 bits per heavy atom. The molecule has 0 fully saturated rings. The average Bonchev–Trinajstić information content (AvgIpc) is 2.70. The molecule has 2 rings (SSSR count). The van der Waals surface area contributed by atoms with Gasteiger partial charge in [0.15, 0.2) is 0 Å². The summed E-state index contributed by atoms with van der Waals surface area (Å²) in [5.41, 5.74) is 1.80. The minimum atomic E-state index is -0.118. The lowest BCUT2D eigenvalue weighted by Gasteiger charge is -2.24. The number of nitrogens with zero attached hydrogens (tertiary/aromatic N) is 5. The van der Waals surface area contributed by atoms with E-state index in [0.29, 0.717) is 35.9 Å². The Morgan fingerprint density at radius 1 is 1.11 bits per heavy atom. The van der Waals surface area contributed by atoms with E-state index in [-0.39, 0.29) is 5.91 Å². The highest BCUT2D eigenvalue weighted by Gasteiger charge is 2.19. The maximum atomic E-state index is 13.0. The molecule has 0 saturated carbocycles. The van der Waals surface area contributed by atoms with Gasteiger partial charge in [-0.05, 0) is 38.4 Å². The maximum absolute atomic E-state index is 13.0. The molecular formula is C21H25N5O. The molecule has 1 heterocycles. The van der Waals surface area contributed by atoms with Crippen molar-refractivity contribution in [3.05, 3.63) is 72.6 Å². The fourth-order valence-corrected chi connectivity index (χ4v) is 2.34. The van der Waals surface area contributed by atoms with Crippen LogP contribution in [0.2, 0.25) is 0 Å². The molecule has 0 aliphatic carbocycles. The normalized spacial score (nSPS) is 11.8. The first kappa shape index (κ1) is 20.2. The van der Waals surface area contributed by atoms with Crippen LogP contribution >= 0.6 is 0 Å². The number of benzene rings is 1. The molecule has 0 atom stereocenters. The molecule has 6 nitrogen and oxygen atoms in total. The number of aliphatic imine (C=N–C) groups is 2. The quantitative estimate of drug-likeness (QED) is 0.561. The van der Waals surface area contributed by atoms with E-state index in [1.807, 2.05) is 55.4 Å². The Kier molecular flexibility index (Phi) is 7.58. The van der Waals surface area contributed by atoms with E-state index >= 15 is 0 Å². The minimum Gasteiger partial charge on any atom is -0.308 e. The van der Waals surface area contributed by atoms with E-state index in [1.54, 1.807) is 36.5 Å². The van der Waals surface area contributed by atoms with Gasteiger partial charge in [-0.3, -0.25) is 24.7 Å². The summed E-state index contributed by atoms with van der Waals surface area (Å²) >= 11 is 0. The smallest absolute Gasteiger partial charge is 0.259 e. The highest BCUT2D eigenvalue weighted by molar-refractivity contribution is 6.34. The molecular weight excluding hydrogens is 338 g/mol. The van der Waals surface area contributed by atoms with Crippen molar-refractivity contribution in [3.63, 3.8) is 0 Å². The second-order valence-electron chi connectivity index (χ2n) is 6.13. The number of pyridine rings is 1. The topological polar surface area (TPSA) is 61.2 Å². The van der Waals surface area contributed by atoms with Gasteiger partial charge in [0.2, 0.25) is 0 Å². The highest BCUT2D eigenvalue weighted by Crippen LogP contribution is 2.10. The lowest BCUT2D eigenvalue weighted by molar-refractivity contribution is 0.0842. The minimum absolute atomic E-state index is 0.118. The second kappa shape index (κ2) is 10.1. The number of hydrogen-bond acceptors (Lipinski definition) is 5. The summed E-state index contributed by atoms with van der Waals surface area (Å²) in [7, 11) is 5.57. The van der Waals surface area contributed by atoms with Crippen molar-refractivity contribution in [1.29, 1.82) is 0 Å². The van der Waals surface area contributed by atoms with Crippen molar-refractivity contribution in [1.82, 2.24) is 14.8 Å². The van der Waals surface area contributed by atoms with Crippen LogP contribution in [0.4, 0.5) is 0 Å². The molecule has 0 unspecified atom stereocenters. The first-order chi connectivity index (χ1) is 13.0. The Bertz CT molecular complexity index is 813. The molecule has 1 aromatic carbocycles. The fourth-order valence-electron chi connectivity index (χ4n) is 2.34. The van der Waals surface area contributed by atoms with Gasteiger partial charge in [-0.2, -0.15) is 0 Å². The average molecular weight is 363 g/mol. The third kappa shape index (κ3) is 5.97. The van der Waals surface area contributed by atoms with E-state index in [1.165, 1.54) is 0 Å². The number of hydrogen-bond donors (Lipinski definition) is 0. The molecule has 2 aromatic rings. The summed E-state index contributed by atoms with van der Waals surface area (Å²) in [6, 6.07) is 14.7. The SMILES string of the molecule is C=C(/N=C\C(=N/C)N(CCN(C)C)C(=O)c1ccccc1)c1ccccn1. The predicted molar refractivity (Wildman–Crippen MR) is 111 cm³/mol. The van der Waals surface area contributed by atoms with Gasteiger partial charge in [-0.1, -0.05) is 30.8 Å². The number of likely N-dealkylation sites (N-methyl/N-ethyl adjacent to an activating group) is 1. The van der Waals surface area contributed by atoms with Crippen LogP contribution in [-0.4, -0.2) is 67.0 Å². The Balaban J connectivity index is 2.24. The summed E-state index contributed by atoms with van der Waals surface area (Å²) in [5, 5.41) is 0. The monoisotopic (exact) mass is 363 g/mol. The van der Waals surface area contributed by atoms with Crippen molar-refractivity contribution in [2.75, 3.05) is 34.2 Å². The second-order valence-corrected chi connectivity index (χ2v) is 6.13. The molecule has 0 saturated heterocycles. The lowest BCUT2D eigenvalue weighted by Crippen LogP contribution is -2.42. The molecule has 0 N–H and O–H groups in total. The zero-order valence-electron chi connectivity index (χ0n) is 16.0. The van der Waals surface area contributed by atoms with E-state index in [0.717, 1.165) is 0 Å². The Morgan fingerprint density at radius 3 is 2.41 bits per heavy atom. The van der Waals surface area contributed by atoms with Crippen molar-refractivity contribution in [3.8, 4) is 0 Å². The summed E-state index contributed by atoms with van der Waals surface area (Å²) in [5.74, 6) is 0.357. The van der Waals surface area contributed by atoms with Gasteiger partial charge in [0, 0.05) is 31.9 Å². The van der Waals surface area contributed by atoms with Crippen LogP contribution in [0.3, 0.4) is 0 Å². The van der Waals surface area contributed by atoms with Gasteiger partial charge in [-0.15, -0.1) is 0 Å². The number of aromatic nitrogens is 1. The molecule has 0 radical (unpaired) electrons. The standard InChI is InChI=1S/C21H25N5O/c1-17(19-12-8-9-13-23-19)24-16-20(22-2)26(15-14-25(3)4)21(27)18-10-6-5-7-11-18/h5-13,16H,1,14-15H2,2-4H3/b22-20+,24-16-. The first-order valence-electron chi connectivity index (χ1n) is 8.65. The van der Waals surface area contributed by atoms with Crippen LogP contribution < -0.4 is 0 Å². The number of carbonyl (C=O) groups excluding carboxylic acids is 1. The van der Waals surface area contributed by atoms with Gasteiger partial charge in [0.1, 0.15) is 5.84 Å². The van der Waals surface area contributed by atoms with Crippen LogP contribution in [0.1, 0.15) is 16.1 Å². The van der Waals surface area contributed by atoms with Crippen LogP contribution in [0.25, 0.3) is 5.70 Å². The molecule has 6 heteroatoms. The largest absolute Gasteiger partial charge is 0.308 e. The molecule has 140 valence electrons. The molecule has 0 bridgehead atoms. The fraction of sp³-hybridized carbons (Fsp3) is 0.238. The van der Waals surface area contributed by atoms with Crippen LogP contribution in [0, 0.1) is 0 Å². The number of rotatable bonds is 7. The van der Waals surface area contributed by atoms with Crippen molar-refractivity contribution in [2.24, 2.45) is 9.98 Å². The first-order valence-corrected chi connectivity index (χ1v) is 8.65. The van der Waals surface area contributed by atoms with Gasteiger partial charge in [0.05, 0.1) is 17.6 Å². The van der Waals surface area contributed by atoms with E-state index in [9.17, 15) is 4.79 Å². The summed E-state index contributed by atoms with van der Waals surface area (Å²) in [4.78, 5) is 29.5. The number of carbonyl (C=O) groups is 1. The van der Waals surface area contributed by atoms with Crippen LogP contribution in [0.15, 0.2) is 71.3 Å². The van der Waals surface area contributed by atoms with E-state index in [2.05, 4.69) is 21.5 Å². The van der Waals surface area contributed by atoms with Crippen molar-refractivity contribution >= 4 is 23.7 Å². The third-order valence-electron chi connectivity index (χ3n) is 3.84. The van der Waals surface area contributed by atoms with Gasteiger partial charge in [0.25, 0.3) is 5.91 Å². The molecule has 27 heavy (non-hydrogen) atoms. The van der Waals surface area contributed by atoms with E-state index < -0.39 is 0 Å². The Labute approximate surface area is 160 Å². The highest BCUT2D eigenvalue weighted by atomic mass is 16.2. The third-order valence-corrected chi connectivity index (χ3v) is 3.84. The maximum Gasteiger partial charge on any atom is 0.259 e. The molecule has 0 aliphatic rings. The summed E-state index contributed by atoms with van der Waals surface area (Å²) < 4.78 is 0.